The second-order valence-corrected chi connectivity index (χ2v) is 4.81. The minimum atomic E-state index is -0.415. The maximum Gasteiger partial charge on any atom is 0.119 e. The number of aryl methyl sites for hydroxylation is 2. The van der Waals surface area contributed by atoms with Gasteiger partial charge in [0, 0.05) is 19.2 Å². The van der Waals surface area contributed by atoms with E-state index in [0.29, 0.717) is 12.8 Å². The maximum absolute atomic E-state index is 10.2. The first-order valence-electron chi connectivity index (χ1n) is 6.39. The van der Waals surface area contributed by atoms with Crippen molar-refractivity contribution in [2.24, 2.45) is 7.05 Å². The topological polar surface area (TPSA) is 47.3 Å². The van der Waals surface area contributed by atoms with Crippen LogP contribution in [0.4, 0.5) is 0 Å². The van der Waals surface area contributed by atoms with E-state index in [1.165, 1.54) is 0 Å². The van der Waals surface area contributed by atoms with Crippen molar-refractivity contribution in [3.05, 3.63) is 47.3 Å². The first kappa shape index (κ1) is 13.6. The maximum atomic E-state index is 10.2. The molecule has 0 saturated heterocycles. The fraction of sp³-hybridized carbons (Fsp3) is 0.400. The van der Waals surface area contributed by atoms with Crippen LogP contribution in [-0.2, 0) is 19.9 Å². The summed E-state index contributed by atoms with van der Waals surface area (Å²) in [6.45, 7) is 1.96. The molecule has 1 atom stereocenters. The molecule has 1 unspecified atom stereocenters. The number of methoxy groups -OCH3 is 1. The Hall–Kier alpha value is -1.81. The van der Waals surface area contributed by atoms with E-state index in [1.54, 1.807) is 7.11 Å². The minimum absolute atomic E-state index is 0.415. The molecule has 0 saturated carbocycles. The number of benzene rings is 1. The average molecular weight is 260 g/mol. The number of hydrogen-bond acceptors (Lipinski definition) is 3. The van der Waals surface area contributed by atoms with E-state index in [1.807, 2.05) is 49.0 Å². The van der Waals surface area contributed by atoms with Gasteiger partial charge in [-0.2, -0.15) is 5.10 Å². The SMILES string of the molecule is COc1cccc(CC(O)Cc2cc(C)nn2C)c1. The van der Waals surface area contributed by atoms with Crippen LogP contribution in [0.1, 0.15) is 17.0 Å². The normalized spacial score (nSPS) is 12.4. The molecule has 0 fully saturated rings. The molecule has 0 aliphatic rings. The third-order valence-electron chi connectivity index (χ3n) is 3.15. The molecule has 19 heavy (non-hydrogen) atoms. The molecule has 4 heteroatoms. The van der Waals surface area contributed by atoms with Gasteiger partial charge in [0.25, 0.3) is 0 Å². The minimum Gasteiger partial charge on any atom is -0.497 e. The second-order valence-electron chi connectivity index (χ2n) is 4.81. The largest absolute Gasteiger partial charge is 0.497 e. The van der Waals surface area contributed by atoms with Gasteiger partial charge in [-0.3, -0.25) is 4.68 Å². The van der Waals surface area contributed by atoms with E-state index in [2.05, 4.69) is 5.10 Å². The monoisotopic (exact) mass is 260 g/mol. The summed E-state index contributed by atoms with van der Waals surface area (Å²) in [7, 11) is 3.55. The van der Waals surface area contributed by atoms with Gasteiger partial charge in [0.2, 0.25) is 0 Å². The Balaban J connectivity index is 2.00. The predicted molar refractivity (Wildman–Crippen MR) is 74.4 cm³/mol. The highest BCUT2D eigenvalue weighted by Crippen LogP contribution is 2.15. The number of aromatic nitrogens is 2. The van der Waals surface area contributed by atoms with Gasteiger partial charge in [-0.1, -0.05) is 12.1 Å². The molecular formula is C15H20N2O2. The second kappa shape index (κ2) is 5.89. The van der Waals surface area contributed by atoms with Crippen LogP contribution in [-0.4, -0.2) is 28.1 Å². The molecule has 4 nitrogen and oxygen atoms in total. The van der Waals surface area contributed by atoms with Crippen LogP contribution < -0.4 is 4.74 Å². The van der Waals surface area contributed by atoms with E-state index < -0.39 is 6.10 Å². The van der Waals surface area contributed by atoms with Gasteiger partial charge < -0.3 is 9.84 Å². The molecule has 0 amide bonds. The van der Waals surface area contributed by atoms with Crippen LogP contribution >= 0.6 is 0 Å². The van der Waals surface area contributed by atoms with Crippen LogP contribution in [0.2, 0.25) is 0 Å². The summed E-state index contributed by atoms with van der Waals surface area (Å²) < 4.78 is 7.00. The highest BCUT2D eigenvalue weighted by molar-refractivity contribution is 5.29. The number of ether oxygens (including phenoxy) is 1. The van der Waals surface area contributed by atoms with Gasteiger partial charge in [-0.25, -0.2) is 0 Å². The van der Waals surface area contributed by atoms with E-state index >= 15 is 0 Å². The van der Waals surface area contributed by atoms with Crippen molar-refractivity contribution in [1.29, 1.82) is 0 Å². The number of hydrogen-bond donors (Lipinski definition) is 1. The molecule has 1 heterocycles. The third kappa shape index (κ3) is 3.58. The van der Waals surface area contributed by atoms with Crippen LogP contribution in [0.3, 0.4) is 0 Å². The van der Waals surface area contributed by atoms with E-state index in [0.717, 1.165) is 22.7 Å². The first-order chi connectivity index (χ1) is 9.08. The zero-order chi connectivity index (χ0) is 13.8. The van der Waals surface area contributed by atoms with Crippen LogP contribution in [0.5, 0.6) is 5.75 Å². The van der Waals surface area contributed by atoms with Crippen molar-refractivity contribution in [3.63, 3.8) is 0 Å². The van der Waals surface area contributed by atoms with E-state index in [9.17, 15) is 5.11 Å². The summed E-state index contributed by atoms with van der Waals surface area (Å²) in [5.41, 5.74) is 3.10. The Morgan fingerprint density at radius 3 is 2.74 bits per heavy atom. The van der Waals surface area contributed by atoms with Gasteiger partial charge in [-0.15, -0.1) is 0 Å². The van der Waals surface area contributed by atoms with Gasteiger partial charge in [-0.05, 0) is 37.1 Å². The van der Waals surface area contributed by atoms with Crippen molar-refractivity contribution < 1.29 is 9.84 Å². The molecule has 0 spiro atoms. The summed E-state index contributed by atoms with van der Waals surface area (Å²) in [5, 5.41) is 14.5. The van der Waals surface area contributed by atoms with Crippen LogP contribution in [0, 0.1) is 6.92 Å². The lowest BCUT2D eigenvalue weighted by atomic mass is 10.0. The number of aliphatic hydroxyl groups is 1. The van der Waals surface area contributed by atoms with Crippen molar-refractivity contribution in [2.75, 3.05) is 7.11 Å². The molecular weight excluding hydrogens is 240 g/mol. The Kier molecular flexibility index (Phi) is 4.22. The molecule has 1 aromatic heterocycles. The summed E-state index contributed by atoms with van der Waals surface area (Å²) in [6, 6.07) is 9.81. The Morgan fingerprint density at radius 1 is 1.32 bits per heavy atom. The molecule has 0 aliphatic carbocycles. The lowest BCUT2D eigenvalue weighted by Gasteiger charge is -2.11. The molecule has 1 aromatic carbocycles. The number of rotatable bonds is 5. The number of aliphatic hydroxyl groups excluding tert-OH is 1. The van der Waals surface area contributed by atoms with Gasteiger partial charge in [0.15, 0.2) is 0 Å². The summed E-state index contributed by atoms with van der Waals surface area (Å²) in [5.74, 6) is 0.820. The lowest BCUT2D eigenvalue weighted by molar-refractivity contribution is 0.173. The summed E-state index contributed by atoms with van der Waals surface area (Å²) >= 11 is 0. The summed E-state index contributed by atoms with van der Waals surface area (Å²) in [4.78, 5) is 0. The highest BCUT2D eigenvalue weighted by atomic mass is 16.5. The number of nitrogens with zero attached hydrogens (tertiary/aromatic N) is 2. The smallest absolute Gasteiger partial charge is 0.119 e. The van der Waals surface area contributed by atoms with Crippen LogP contribution in [0.25, 0.3) is 0 Å². The standard InChI is InChI=1S/C15H20N2O2/c1-11-7-13(17(2)16-11)10-14(18)8-12-5-4-6-15(9-12)19-3/h4-7,9,14,18H,8,10H2,1-3H3. The lowest BCUT2D eigenvalue weighted by Crippen LogP contribution is -2.16. The van der Waals surface area contributed by atoms with Crippen molar-refractivity contribution >= 4 is 0 Å². The quantitative estimate of drug-likeness (QED) is 0.893. The van der Waals surface area contributed by atoms with Crippen molar-refractivity contribution in [1.82, 2.24) is 9.78 Å². The molecule has 1 N–H and O–H groups in total. The zero-order valence-electron chi connectivity index (χ0n) is 11.6. The zero-order valence-corrected chi connectivity index (χ0v) is 11.6. The molecule has 102 valence electrons. The van der Waals surface area contributed by atoms with Crippen molar-refractivity contribution in [2.45, 2.75) is 25.9 Å². The van der Waals surface area contributed by atoms with E-state index in [-0.39, 0.29) is 0 Å². The Labute approximate surface area is 113 Å². The molecule has 2 rings (SSSR count). The first-order valence-corrected chi connectivity index (χ1v) is 6.39. The van der Waals surface area contributed by atoms with Gasteiger partial charge in [0.05, 0.1) is 18.9 Å². The predicted octanol–water partition coefficient (Wildman–Crippen LogP) is 1.88. The van der Waals surface area contributed by atoms with E-state index in [4.69, 9.17) is 4.74 Å². The Morgan fingerprint density at radius 2 is 2.11 bits per heavy atom. The summed E-state index contributed by atoms with van der Waals surface area (Å²) in [6.07, 6.45) is 0.803. The molecule has 0 aliphatic heterocycles. The molecule has 2 aromatic rings. The van der Waals surface area contributed by atoms with Crippen LogP contribution in [0.15, 0.2) is 30.3 Å². The van der Waals surface area contributed by atoms with Crippen molar-refractivity contribution in [3.8, 4) is 5.75 Å². The fourth-order valence-electron chi connectivity index (χ4n) is 2.24. The average Bonchev–Trinajstić information content (AvgIpc) is 2.68. The van der Waals surface area contributed by atoms with Gasteiger partial charge in [0.1, 0.15) is 5.75 Å². The molecule has 0 radical (unpaired) electrons. The fourth-order valence-corrected chi connectivity index (χ4v) is 2.24. The Bertz CT molecular complexity index is 549. The highest BCUT2D eigenvalue weighted by Gasteiger charge is 2.11. The molecule has 0 bridgehead atoms. The van der Waals surface area contributed by atoms with Gasteiger partial charge >= 0.3 is 0 Å². The third-order valence-corrected chi connectivity index (χ3v) is 3.15.